The molecule has 1 N–H and O–H groups in total. The van der Waals surface area contributed by atoms with E-state index in [1.54, 1.807) is 6.07 Å². The van der Waals surface area contributed by atoms with Crippen LogP contribution in [-0.2, 0) is 0 Å². The van der Waals surface area contributed by atoms with Crippen molar-refractivity contribution >= 4 is 50.1 Å². The number of rotatable bonds is 5. The number of carbonyl (C=O) groups excluding carboxylic acids is 3. The van der Waals surface area contributed by atoms with E-state index in [0.717, 1.165) is 27.1 Å². The van der Waals surface area contributed by atoms with Crippen molar-refractivity contribution in [3.63, 3.8) is 0 Å². The fourth-order valence-corrected chi connectivity index (χ4v) is 4.83. The largest absolute Gasteiger partial charge is 0.494 e. The zero-order valence-corrected chi connectivity index (χ0v) is 19.7. The van der Waals surface area contributed by atoms with Gasteiger partial charge >= 0.3 is 0 Å². The molecule has 0 saturated heterocycles. The van der Waals surface area contributed by atoms with Gasteiger partial charge in [-0.05, 0) is 74.4 Å². The van der Waals surface area contributed by atoms with Crippen molar-refractivity contribution in [2.24, 2.45) is 0 Å². The van der Waals surface area contributed by atoms with E-state index >= 15 is 0 Å². The summed E-state index contributed by atoms with van der Waals surface area (Å²) in [5.74, 6) is -0.493. The molecule has 170 valence electrons. The second-order valence-electron chi connectivity index (χ2n) is 8.03. The van der Waals surface area contributed by atoms with Crippen LogP contribution >= 0.6 is 11.3 Å². The van der Waals surface area contributed by atoms with Gasteiger partial charge in [0.05, 0.1) is 33.6 Å². The van der Waals surface area contributed by atoms with Gasteiger partial charge in [0.25, 0.3) is 17.7 Å². The van der Waals surface area contributed by atoms with Gasteiger partial charge in [0.2, 0.25) is 0 Å². The molecule has 8 heteroatoms. The number of aromatic nitrogens is 1. The number of benzene rings is 3. The molecule has 1 aromatic heterocycles. The van der Waals surface area contributed by atoms with Crippen molar-refractivity contribution in [1.29, 1.82) is 0 Å². The Morgan fingerprint density at radius 3 is 2.59 bits per heavy atom. The number of amides is 3. The molecule has 34 heavy (non-hydrogen) atoms. The predicted molar refractivity (Wildman–Crippen MR) is 132 cm³/mol. The average Bonchev–Trinajstić information content (AvgIpc) is 3.32. The summed E-state index contributed by atoms with van der Waals surface area (Å²) in [7, 11) is 0. The first-order valence-electron chi connectivity index (χ1n) is 10.8. The van der Waals surface area contributed by atoms with Crippen LogP contribution in [0.4, 0.5) is 10.8 Å². The highest BCUT2D eigenvalue weighted by atomic mass is 32.1. The molecule has 0 spiro atoms. The molecule has 3 amide bonds. The van der Waals surface area contributed by atoms with E-state index in [0.29, 0.717) is 17.4 Å². The van der Waals surface area contributed by atoms with Crippen molar-refractivity contribution in [3.8, 4) is 5.75 Å². The molecule has 0 bridgehead atoms. The zero-order valence-electron chi connectivity index (χ0n) is 18.8. The molecule has 0 atom stereocenters. The Bertz CT molecular complexity index is 1490. The first-order valence-corrected chi connectivity index (χ1v) is 11.6. The van der Waals surface area contributed by atoms with Gasteiger partial charge in [0.1, 0.15) is 5.75 Å². The maximum absolute atomic E-state index is 13.2. The Kier molecular flexibility index (Phi) is 5.37. The minimum absolute atomic E-state index is 0.212. The smallest absolute Gasteiger partial charge is 0.266 e. The number of nitrogens with one attached hydrogen (secondary N) is 1. The summed E-state index contributed by atoms with van der Waals surface area (Å²) >= 11 is 1.33. The van der Waals surface area contributed by atoms with Crippen LogP contribution in [0.25, 0.3) is 10.2 Å². The molecule has 1 aliphatic rings. The quantitative estimate of drug-likeness (QED) is 0.396. The topological polar surface area (TPSA) is 88.6 Å². The third-order valence-electron chi connectivity index (χ3n) is 5.65. The molecule has 0 saturated carbocycles. The average molecular weight is 472 g/mol. The molecule has 1 aliphatic heterocycles. The lowest BCUT2D eigenvalue weighted by Gasteiger charge is -2.17. The molecule has 3 aromatic carbocycles. The highest BCUT2D eigenvalue weighted by molar-refractivity contribution is 7.22. The summed E-state index contributed by atoms with van der Waals surface area (Å²) in [6, 6.07) is 15.7. The second kappa shape index (κ2) is 8.39. The van der Waals surface area contributed by atoms with E-state index in [4.69, 9.17) is 4.74 Å². The first-order chi connectivity index (χ1) is 16.4. The lowest BCUT2D eigenvalue weighted by atomic mass is 10.1. The van der Waals surface area contributed by atoms with Crippen LogP contribution in [0, 0.1) is 13.8 Å². The number of imide groups is 1. The second-order valence-corrected chi connectivity index (χ2v) is 9.06. The Balaban J connectivity index is 1.41. The Morgan fingerprint density at radius 2 is 1.79 bits per heavy atom. The van der Waals surface area contributed by atoms with E-state index in [1.807, 2.05) is 57.2 Å². The fourth-order valence-electron chi connectivity index (χ4n) is 3.95. The van der Waals surface area contributed by atoms with Gasteiger partial charge in [-0.25, -0.2) is 9.88 Å². The Morgan fingerprint density at radius 1 is 1.00 bits per heavy atom. The molecule has 2 heterocycles. The van der Waals surface area contributed by atoms with Gasteiger partial charge in [0, 0.05) is 5.56 Å². The summed E-state index contributed by atoms with van der Waals surface area (Å²) in [4.78, 5) is 44.7. The van der Waals surface area contributed by atoms with Crippen LogP contribution in [0.3, 0.4) is 0 Å². The van der Waals surface area contributed by atoms with Crippen LogP contribution in [-0.4, -0.2) is 29.3 Å². The van der Waals surface area contributed by atoms with Crippen LogP contribution in [0.5, 0.6) is 5.75 Å². The van der Waals surface area contributed by atoms with Crippen molar-refractivity contribution in [2.45, 2.75) is 20.8 Å². The van der Waals surface area contributed by atoms with Gasteiger partial charge in [0.15, 0.2) is 5.13 Å². The van der Waals surface area contributed by atoms with Crippen LogP contribution < -0.4 is 15.0 Å². The number of nitrogens with zero attached hydrogens (tertiary/aromatic N) is 2. The molecule has 0 aliphatic carbocycles. The number of ether oxygens (including phenoxy) is 1. The number of carbonyl (C=O) groups is 3. The molecular formula is C26H21N3O4S. The van der Waals surface area contributed by atoms with Crippen molar-refractivity contribution in [1.82, 2.24) is 4.98 Å². The number of anilines is 2. The summed E-state index contributed by atoms with van der Waals surface area (Å²) in [6.45, 7) is 6.24. The molecular weight excluding hydrogens is 450 g/mol. The van der Waals surface area contributed by atoms with Crippen molar-refractivity contribution < 1.29 is 19.1 Å². The summed E-state index contributed by atoms with van der Waals surface area (Å²) in [5, 5.41) is 3.23. The first kappa shape index (κ1) is 21.8. The minimum Gasteiger partial charge on any atom is -0.494 e. The van der Waals surface area contributed by atoms with E-state index in [1.165, 1.54) is 28.4 Å². The molecule has 0 radical (unpaired) electrons. The van der Waals surface area contributed by atoms with Crippen LogP contribution in [0.15, 0.2) is 54.6 Å². The van der Waals surface area contributed by atoms with Gasteiger partial charge < -0.3 is 4.74 Å². The van der Waals surface area contributed by atoms with Crippen LogP contribution in [0.2, 0.25) is 0 Å². The highest BCUT2D eigenvalue weighted by Gasteiger charge is 2.37. The lowest BCUT2D eigenvalue weighted by Crippen LogP contribution is -2.30. The standard InChI is InChI=1S/C26H21N3O4S/c1-4-33-17-8-10-20-22(13-17)34-26(27-20)28-23(30)16-7-9-18-19(12-16)25(32)29(24(18)31)21-11-14(2)5-6-15(21)3/h5-13H,4H2,1-3H3,(H,27,28,30). The van der Waals surface area contributed by atoms with E-state index in [-0.39, 0.29) is 16.7 Å². The monoisotopic (exact) mass is 471 g/mol. The number of hydrogen-bond donors (Lipinski definition) is 1. The lowest BCUT2D eigenvalue weighted by molar-refractivity contribution is 0.0925. The molecule has 0 unspecified atom stereocenters. The SMILES string of the molecule is CCOc1ccc2nc(NC(=O)c3ccc4c(c3)C(=O)N(c3cc(C)ccc3C)C4=O)sc2c1. The molecule has 5 rings (SSSR count). The molecule has 4 aromatic rings. The summed E-state index contributed by atoms with van der Waals surface area (Å²) in [6.07, 6.45) is 0. The molecule has 0 fully saturated rings. The third-order valence-corrected chi connectivity index (χ3v) is 6.58. The Hall–Kier alpha value is -4.04. The number of hydrogen-bond acceptors (Lipinski definition) is 6. The summed E-state index contributed by atoms with van der Waals surface area (Å²) in [5.41, 5.74) is 3.84. The predicted octanol–water partition coefficient (Wildman–Crippen LogP) is 5.36. The Labute approximate surface area is 200 Å². The number of fused-ring (bicyclic) bond motifs is 2. The normalized spacial score (nSPS) is 12.9. The van der Waals surface area contributed by atoms with Gasteiger partial charge in [-0.2, -0.15) is 0 Å². The molecule has 7 nitrogen and oxygen atoms in total. The van der Waals surface area contributed by atoms with Crippen LogP contribution in [0.1, 0.15) is 49.1 Å². The van der Waals surface area contributed by atoms with Crippen molar-refractivity contribution in [3.05, 3.63) is 82.4 Å². The van der Waals surface area contributed by atoms with E-state index in [9.17, 15) is 14.4 Å². The summed E-state index contributed by atoms with van der Waals surface area (Å²) < 4.78 is 6.41. The highest BCUT2D eigenvalue weighted by Crippen LogP contribution is 2.33. The number of thiazole rings is 1. The zero-order chi connectivity index (χ0) is 24.0. The minimum atomic E-state index is -0.438. The fraction of sp³-hybridized carbons (Fsp3) is 0.154. The third kappa shape index (κ3) is 3.72. The van der Waals surface area contributed by atoms with Gasteiger partial charge in [-0.15, -0.1) is 0 Å². The van der Waals surface area contributed by atoms with Crippen molar-refractivity contribution in [2.75, 3.05) is 16.8 Å². The van der Waals surface area contributed by atoms with E-state index in [2.05, 4.69) is 10.3 Å². The maximum atomic E-state index is 13.2. The van der Waals surface area contributed by atoms with Gasteiger partial charge in [-0.1, -0.05) is 23.5 Å². The van der Waals surface area contributed by atoms with Gasteiger partial charge in [-0.3, -0.25) is 19.7 Å². The number of aryl methyl sites for hydroxylation is 2. The van der Waals surface area contributed by atoms with E-state index < -0.39 is 17.7 Å². The maximum Gasteiger partial charge on any atom is 0.266 e.